The average molecular weight is 199 g/mol. The van der Waals surface area contributed by atoms with E-state index in [1.54, 1.807) is 0 Å². The van der Waals surface area contributed by atoms with Gasteiger partial charge in [-0.3, -0.25) is 0 Å². The van der Waals surface area contributed by atoms with Gasteiger partial charge in [0.25, 0.3) is 0 Å². The summed E-state index contributed by atoms with van der Waals surface area (Å²) in [6.45, 7) is 6.97. The Bertz CT molecular complexity index is 153. The van der Waals surface area contributed by atoms with Crippen molar-refractivity contribution in [3.8, 4) is 0 Å². The molecule has 14 heavy (non-hydrogen) atoms. The third kappa shape index (κ3) is 3.25. The van der Waals surface area contributed by atoms with E-state index in [1.165, 1.54) is 19.4 Å². The Kier molecular flexibility index (Phi) is 4.39. The van der Waals surface area contributed by atoms with Crippen molar-refractivity contribution in [3.05, 3.63) is 0 Å². The predicted molar refractivity (Wildman–Crippen MR) is 60.3 cm³/mol. The molecule has 0 aromatic carbocycles. The fourth-order valence-electron chi connectivity index (χ4n) is 2.13. The van der Waals surface area contributed by atoms with E-state index < -0.39 is 0 Å². The van der Waals surface area contributed by atoms with Crippen molar-refractivity contribution in [1.82, 2.24) is 4.90 Å². The predicted octanol–water partition coefficient (Wildman–Crippen LogP) is 2.13. The van der Waals surface area contributed by atoms with Crippen LogP contribution in [0.15, 0.2) is 0 Å². The van der Waals surface area contributed by atoms with Crippen LogP contribution >= 0.6 is 0 Å². The molecule has 1 rings (SSSR count). The number of hydrogen-bond acceptors (Lipinski definition) is 2. The maximum Gasteiger partial charge on any atom is 0.0499 e. The van der Waals surface area contributed by atoms with Crippen molar-refractivity contribution in [1.29, 1.82) is 0 Å². The lowest BCUT2D eigenvalue weighted by atomic mass is 9.83. The van der Waals surface area contributed by atoms with Crippen LogP contribution in [0.4, 0.5) is 0 Å². The Labute approximate surface area is 88.3 Å². The molecule has 0 aromatic rings. The second-order valence-electron chi connectivity index (χ2n) is 5.01. The molecule has 0 saturated heterocycles. The van der Waals surface area contributed by atoms with Gasteiger partial charge in [0, 0.05) is 25.1 Å². The van der Waals surface area contributed by atoms with Gasteiger partial charge in [0.05, 0.1) is 0 Å². The zero-order chi connectivity index (χ0) is 10.6. The lowest BCUT2D eigenvalue weighted by Gasteiger charge is -2.34. The van der Waals surface area contributed by atoms with E-state index in [-0.39, 0.29) is 5.41 Å². The fourth-order valence-corrected chi connectivity index (χ4v) is 2.13. The lowest BCUT2D eigenvalue weighted by molar-refractivity contribution is 0.0740. The largest absolute Gasteiger partial charge is 0.396 e. The molecule has 0 heterocycles. The lowest BCUT2D eigenvalue weighted by Crippen LogP contribution is -2.38. The highest BCUT2D eigenvalue weighted by atomic mass is 16.3. The van der Waals surface area contributed by atoms with Gasteiger partial charge in [-0.05, 0) is 38.6 Å². The molecule has 0 aliphatic heterocycles. The minimum atomic E-state index is 0.143. The zero-order valence-corrected chi connectivity index (χ0v) is 9.92. The summed E-state index contributed by atoms with van der Waals surface area (Å²) in [7, 11) is 2.19. The molecule has 1 aliphatic rings. The van der Waals surface area contributed by atoms with Crippen LogP contribution in [0.1, 0.15) is 39.5 Å². The second-order valence-corrected chi connectivity index (χ2v) is 5.01. The summed E-state index contributed by atoms with van der Waals surface area (Å²) in [6.07, 6.45) is 4.98. The molecule has 0 spiro atoms. The molecule has 0 bridgehead atoms. The Hall–Kier alpha value is -0.0800. The maximum absolute atomic E-state index is 9.45. The van der Waals surface area contributed by atoms with Gasteiger partial charge in [-0.15, -0.1) is 0 Å². The first-order valence-corrected chi connectivity index (χ1v) is 5.95. The van der Waals surface area contributed by atoms with Crippen LogP contribution in [0.5, 0.6) is 0 Å². The molecular formula is C12H25NO. The van der Waals surface area contributed by atoms with Crippen LogP contribution in [0, 0.1) is 11.3 Å². The Morgan fingerprint density at radius 2 is 1.86 bits per heavy atom. The van der Waals surface area contributed by atoms with Crippen LogP contribution < -0.4 is 0 Å². The van der Waals surface area contributed by atoms with E-state index in [2.05, 4.69) is 25.8 Å². The van der Waals surface area contributed by atoms with Crippen LogP contribution in [0.3, 0.4) is 0 Å². The normalized spacial score (nSPS) is 17.8. The topological polar surface area (TPSA) is 23.5 Å². The minimum Gasteiger partial charge on any atom is -0.396 e. The monoisotopic (exact) mass is 199 g/mol. The molecule has 0 aromatic heterocycles. The van der Waals surface area contributed by atoms with E-state index in [4.69, 9.17) is 0 Å². The molecule has 2 heteroatoms. The highest BCUT2D eigenvalue weighted by Crippen LogP contribution is 2.32. The summed E-state index contributed by atoms with van der Waals surface area (Å²) in [4.78, 5) is 2.40. The molecule has 0 atom stereocenters. The molecule has 0 radical (unpaired) electrons. The van der Waals surface area contributed by atoms with Crippen LogP contribution in [0.2, 0.25) is 0 Å². The van der Waals surface area contributed by atoms with Crippen LogP contribution in [0.25, 0.3) is 0 Å². The molecule has 1 fully saturated rings. The summed E-state index contributed by atoms with van der Waals surface area (Å²) in [5, 5.41) is 9.45. The van der Waals surface area contributed by atoms with Crippen LogP contribution in [-0.2, 0) is 0 Å². The van der Waals surface area contributed by atoms with Gasteiger partial charge in [-0.1, -0.05) is 13.8 Å². The molecule has 1 saturated carbocycles. The van der Waals surface area contributed by atoms with E-state index in [0.717, 1.165) is 25.3 Å². The van der Waals surface area contributed by atoms with Crippen molar-refractivity contribution in [2.24, 2.45) is 11.3 Å². The molecule has 0 unspecified atom stereocenters. The summed E-state index contributed by atoms with van der Waals surface area (Å²) in [6, 6.07) is 0. The zero-order valence-electron chi connectivity index (χ0n) is 9.92. The standard InChI is InChI=1S/C12H25NO/c1-4-12(5-2,10-14)9-13(3)8-11-6-7-11/h11,14H,4-10H2,1-3H3. The number of aliphatic hydroxyl groups excluding tert-OH is 1. The van der Waals surface area contributed by atoms with Gasteiger partial charge >= 0.3 is 0 Å². The third-order valence-electron chi connectivity index (χ3n) is 3.71. The van der Waals surface area contributed by atoms with Crippen molar-refractivity contribution >= 4 is 0 Å². The van der Waals surface area contributed by atoms with E-state index >= 15 is 0 Å². The number of rotatable bonds is 7. The van der Waals surface area contributed by atoms with Gasteiger partial charge in [0.1, 0.15) is 0 Å². The van der Waals surface area contributed by atoms with Gasteiger partial charge in [-0.25, -0.2) is 0 Å². The van der Waals surface area contributed by atoms with Gasteiger partial charge in [0.15, 0.2) is 0 Å². The first kappa shape index (κ1) is 12.0. The highest BCUT2D eigenvalue weighted by molar-refractivity contribution is 4.82. The molecule has 0 amide bonds. The van der Waals surface area contributed by atoms with Crippen molar-refractivity contribution < 1.29 is 5.11 Å². The Morgan fingerprint density at radius 3 is 2.21 bits per heavy atom. The van der Waals surface area contributed by atoms with Crippen molar-refractivity contribution in [3.63, 3.8) is 0 Å². The smallest absolute Gasteiger partial charge is 0.0499 e. The Morgan fingerprint density at radius 1 is 1.29 bits per heavy atom. The molecule has 84 valence electrons. The van der Waals surface area contributed by atoms with E-state index in [9.17, 15) is 5.11 Å². The summed E-state index contributed by atoms with van der Waals surface area (Å²) in [5.41, 5.74) is 0.143. The van der Waals surface area contributed by atoms with Crippen LogP contribution in [-0.4, -0.2) is 36.8 Å². The van der Waals surface area contributed by atoms with E-state index in [0.29, 0.717) is 6.61 Å². The summed E-state index contributed by atoms with van der Waals surface area (Å²) < 4.78 is 0. The first-order valence-electron chi connectivity index (χ1n) is 5.95. The highest BCUT2D eigenvalue weighted by Gasteiger charge is 2.29. The molecule has 1 aliphatic carbocycles. The molecule has 2 nitrogen and oxygen atoms in total. The average Bonchev–Trinajstić information content (AvgIpc) is 2.98. The fraction of sp³-hybridized carbons (Fsp3) is 1.00. The summed E-state index contributed by atoms with van der Waals surface area (Å²) >= 11 is 0. The van der Waals surface area contributed by atoms with Gasteiger partial charge < -0.3 is 10.0 Å². The number of hydrogen-bond donors (Lipinski definition) is 1. The van der Waals surface area contributed by atoms with Gasteiger partial charge in [0.2, 0.25) is 0 Å². The Balaban J connectivity index is 2.35. The maximum atomic E-state index is 9.45. The third-order valence-corrected chi connectivity index (χ3v) is 3.71. The van der Waals surface area contributed by atoms with Crippen molar-refractivity contribution in [2.45, 2.75) is 39.5 Å². The summed E-state index contributed by atoms with van der Waals surface area (Å²) in [5.74, 6) is 0.949. The molecular weight excluding hydrogens is 174 g/mol. The molecule has 1 N–H and O–H groups in total. The number of nitrogens with zero attached hydrogens (tertiary/aromatic N) is 1. The number of aliphatic hydroxyl groups is 1. The van der Waals surface area contributed by atoms with E-state index in [1.807, 2.05) is 0 Å². The quantitative estimate of drug-likeness (QED) is 0.679. The second kappa shape index (κ2) is 5.13. The SMILES string of the molecule is CCC(CC)(CO)CN(C)CC1CC1. The first-order chi connectivity index (χ1) is 6.65. The minimum absolute atomic E-state index is 0.143. The van der Waals surface area contributed by atoms with Gasteiger partial charge in [-0.2, -0.15) is 0 Å². The van der Waals surface area contributed by atoms with Crippen molar-refractivity contribution in [2.75, 3.05) is 26.7 Å².